The molecule has 5 nitrogen and oxygen atoms in total. The van der Waals surface area contributed by atoms with Crippen LogP contribution in [0.15, 0.2) is 24.3 Å². The molecule has 5 heteroatoms. The van der Waals surface area contributed by atoms with E-state index in [1.54, 1.807) is 6.07 Å². The lowest BCUT2D eigenvalue weighted by molar-refractivity contribution is -0.151. The van der Waals surface area contributed by atoms with Gasteiger partial charge in [-0.05, 0) is 12.5 Å². The van der Waals surface area contributed by atoms with Crippen LogP contribution in [0.2, 0.25) is 0 Å². The summed E-state index contributed by atoms with van der Waals surface area (Å²) in [5.74, 6) is -2.27. The zero-order chi connectivity index (χ0) is 13.7. The molecule has 0 aromatic heterocycles. The lowest BCUT2D eigenvalue weighted by atomic mass is 10.1. The first-order valence-corrected chi connectivity index (χ1v) is 5.48. The molecule has 0 atom stereocenters. The van der Waals surface area contributed by atoms with Crippen LogP contribution in [-0.2, 0) is 20.8 Å². The largest absolute Gasteiger partial charge is 0.480 e. The maximum atomic E-state index is 11.8. The Bertz CT molecular complexity index is 482. The van der Waals surface area contributed by atoms with E-state index in [-0.39, 0.29) is 6.42 Å². The van der Waals surface area contributed by atoms with Gasteiger partial charge in [-0.15, -0.1) is 0 Å². The zero-order valence-corrected chi connectivity index (χ0v) is 10.3. The van der Waals surface area contributed by atoms with Crippen molar-refractivity contribution in [3.63, 3.8) is 0 Å². The topological polar surface area (TPSA) is 74.7 Å². The summed E-state index contributed by atoms with van der Waals surface area (Å²) in [5, 5.41) is 8.65. The minimum absolute atomic E-state index is 0.0224. The molecule has 0 aliphatic rings. The van der Waals surface area contributed by atoms with E-state index in [1.165, 1.54) is 6.92 Å². The molecule has 96 valence electrons. The molecule has 1 N–H and O–H groups in total. The average Bonchev–Trinajstić information content (AvgIpc) is 2.25. The lowest BCUT2D eigenvalue weighted by Gasteiger charge is -2.16. The Labute approximate surface area is 105 Å². The Morgan fingerprint density at radius 3 is 2.44 bits per heavy atom. The number of carboxylic acids is 1. The van der Waals surface area contributed by atoms with Crippen molar-refractivity contribution < 1.29 is 19.5 Å². The summed E-state index contributed by atoms with van der Waals surface area (Å²) < 4.78 is 0. The first-order valence-electron chi connectivity index (χ1n) is 5.48. The number of hydrogen-bond acceptors (Lipinski definition) is 3. The van der Waals surface area contributed by atoms with Gasteiger partial charge in [-0.3, -0.25) is 19.3 Å². The van der Waals surface area contributed by atoms with Gasteiger partial charge in [0.15, 0.2) is 0 Å². The highest BCUT2D eigenvalue weighted by Crippen LogP contribution is 2.07. The Hall–Kier alpha value is -2.17. The summed E-state index contributed by atoms with van der Waals surface area (Å²) >= 11 is 0. The molecule has 0 aliphatic heterocycles. The van der Waals surface area contributed by atoms with Crippen LogP contribution in [0, 0.1) is 6.92 Å². The van der Waals surface area contributed by atoms with Crippen LogP contribution in [0.4, 0.5) is 0 Å². The van der Waals surface area contributed by atoms with Crippen molar-refractivity contribution in [1.29, 1.82) is 0 Å². The Balaban J connectivity index is 2.79. The number of imide groups is 1. The molecule has 0 heterocycles. The lowest BCUT2D eigenvalue weighted by Crippen LogP contribution is -2.40. The molecule has 1 rings (SSSR count). The quantitative estimate of drug-likeness (QED) is 0.863. The third-order valence-corrected chi connectivity index (χ3v) is 2.41. The standard InChI is InChI=1S/C13H15NO4/c1-9-4-3-5-11(6-9)7-12(16)14(10(2)15)8-13(17)18/h3-6H,7-8H2,1-2H3,(H,17,18). The maximum absolute atomic E-state index is 11.8. The number of carbonyl (C=O) groups excluding carboxylic acids is 2. The van der Waals surface area contributed by atoms with Gasteiger partial charge < -0.3 is 5.11 Å². The van der Waals surface area contributed by atoms with Crippen molar-refractivity contribution in [2.45, 2.75) is 20.3 Å². The number of aliphatic carboxylic acids is 1. The fourth-order valence-electron chi connectivity index (χ4n) is 1.60. The summed E-state index contributed by atoms with van der Waals surface area (Å²) in [4.78, 5) is 34.4. The van der Waals surface area contributed by atoms with E-state index >= 15 is 0 Å². The molecule has 2 amide bonds. The normalized spacial score (nSPS) is 9.89. The SMILES string of the molecule is CC(=O)N(CC(=O)O)C(=O)Cc1cccc(C)c1. The van der Waals surface area contributed by atoms with Crippen molar-refractivity contribution in [2.24, 2.45) is 0 Å². The van der Waals surface area contributed by atoms with Gasteiger partial charge in [0, 0.05) is 6.92 Å². The number of rotatable bonds is 4. The van der Waals surface area contributed by atoms with Crippen molar-refractivity contribution >= 4 is 17.8 Å². The molecule has 0 saturated carbocycles. The van der Waals surface area contributed by atoms with Crippen LogP contribution in [-0.4, -0.2) is 34.3 Å². The van der Waals surface area contributed by atoms with Crippen LogP contribution in [0.25, 0.3) is 0 Å². The fourth-order valence-corrected chi connectivity index (χ4v) is 1.60. The second kappa shape index (κ2) is 5.95. The van der Waals surface area contributed by atoms with Gasteiger partial charge in [0.05, 0.1) is 6.42 Å². The van der Waals surface area contributed by atoms with Crippen molar-refractivity contribution in [3.8, 4) is 0 Å². The Kier molecular flexibility index (Phi) is 4.59. The minimum atomic E-state index is -1.21. The van der Waals surface area contributed by atoms with Gasteiger partial charge in [-0.1, -0.05) is 29.8 Å². The molecule has 1 aromatic rings. The first kappa shape index (κ1) is 13.9. The van der Waals surface area contributed by atoms with Crippen molar-refractivity contribution in [2.75, 3.05) is 6.54 Å². The third kappa shape index (κ3) is 4.01. The minimum Gasteiger partial charge on any atom is -0.480 e. The highest BCUT2D eigenvalue weighted by Gasteiger charge is 2.20. The molecule has 0 bridgehead atoms. The molecule has 0 aliphatic carbocycles. The van der Waals surface area contributed by atoms with Gasteiger partial charge in [-0.25, -0.2) is 0 Å². The number of amides is 2. The van der Waals surface area contributed by atoms with E-state index < -0.39 is 24.3 Å². The molecular formula is C13H15NO4. The third-order valence-electron chi connectivity index (χ3n) is 2.41. The second-order valence-electron chi connectivity index (χ2n) is 4.06. The molecule has 0 fully saturated rings. The Morgan fingerprint density at radius 2 is 1.94 bits per heavy atom. The summed E-state index contributed by atoms with van der Waals surface area (Å²) in [5.41, 5.74) is 1.77. The summed E-state index contributed by atoms with van der Waals surface area (Å²) in [7, 11) is 0. The van der Waals surface area contributed by atoms with Crippen LogP contribution < -0.4 is 0 Å². The van der Waals surface area contributed by atoms with Gasteiger partial charge in [0.25, 0.3) is 0 Å². The van der Waals surface area contributed by atoms with Gasteiger partial charge in [0.1, 0.15) is 6.54 Å². The summed E-state index contributed by atoms with van der Waals surface area (Å²) in [6, 6.07) is 7.31. The zero-order valence-electron chi connectivity index (χ0n) is 10.3. The van der Waals surface area contributed by atoms with Gasteiger partial charge >= 0.3 is 5.97 Å². The summed E-state index contributed by atoms with van der Waals surface area (Å²) in [6.45, 7) is 2.48. The second-order valence-corrected chi connectivity index (χ2v) is 4.06. The monoisotopic (exact) mass is 249 g/mol. The van der Waals surface area contributed by atoms with E-state index in [1.807, 2.05) is 25.1 Å². The number of carboxylic acid groups (broad SMARTS) is 1. The number of carbonyl (C=O) groups is 3. The Morgan fingerprint density at radius 1 is 1.28 bits per heavy atom. The van der Waals surface area contributed by atoms with E-state index in [0.717, 1.165) is 16.0 Å². The first-order chi connectivity index (χ1) is 8.40. The van der Waals surface area contributed by atoms with Crippen LogP contribution >= 0.6 is 0 Å². The van der Waals surface area contributed by atoms with Gasteiger partial charge in [0.2, 0.25) is 11.8 Å². The number of hydrogen-bond donors (Lipinski definition) is 1. The van der Waals surface area contributed by atoms with Crippen LogP contribution in [0.1, 0.15) is 18.1 Å². The van der Waals surface area contributed by atoms with Gasteiger partial charge in [-0.2, -0.15) is 0 Å². The smallest absolute Gasteiger partial charge is 0.323 e. The van der Waals surface area contributed by atoms with Crippen LogP contribution in [0.3, 0.4) is 0 Å². The predicted octanol–water partition coefficient (Wildman–Crippen LogP) is 0.997. The number of benzene rings is 1. The van der Waals surface area contributed by atoms with Crippen molar-refractivity contribution in [1.82, 2.24) is 4.90 Å². The molecule has 1 aromatic carbocycles. The average molecular weight is 249 g/mol. The number of aryl methyl sites for hydroxylation is 1. The number of nitrogens with zero attached hydrogens (tertiary/aromatic N) is 1. The molecular weight excluding hydrogens is 234 g/mol. The van der Waals surface area contributed by atoms with Crippen LogP contribution in [0.5, 0.6) is 0 Å². The summed E-state index contributed by atoms with van der Waals surface area (Å²) in [6.07, 6.45) is 0.0224. The van der Waals surface area contributed by atoms with E-state index in [4.69, 9.17) is 5.11 Å². The van der Waals surface area contributed by atoms with E-state index in [2.05, 4.69) is 0 Å². The molecule has 18 heavy (non-hydrogen) atoms. The molecule has 0 unspecified atom stereocenters. The molecule has 0 saturated heterocycles. The molecule has 0 spiro atoms. The molecule has 0 radical (unpaired) electrons. The fraction of sp³-hybridized carbons (Fsp3) is 0.308. The highest BCUT2D eigenvalue weighted by atomic mass is 16.4. The van der Waals surface area contributed by atoms with Crippen molar-refractivity contribution in [3.05, 3.63) is 35.4 Å². The van der Waals surface area contributed by atoms with E-state index in [9.17, 15) is 14.4 Å². The highest BCUT2D eigenvalue weighted by molar-refractivity contribution is 5.97. The van der Waals surface area contributed by atoms with E-state index in [0.29, 0.717) is 0 Å². The predicted molar refractivity (Wildman–Crippen MR) is 64.9 cm³/mol. The maximum Gasteiger partial charge on any atom is 0.323 e.